The van der Waals surface area contributed by atoms with Crippen LogP contribution in [0.15, 0.2) is 42.2 Å². The van der Waals surface area contributed by atoms with Crippen molar-refractivity contribution in [3.05, 3.63) is 47.7 Å². The minimum absolute atomic E-state index is 0.362. The Morgan fingerprint density at radius 2 is 1.78 bits per heavy atom. The van der Waals surface area contributed by atoms with Gasteiger partial charge in [0.1, 0.15) is 11.5 Å². The Balaban J connectivity index is 1.61. The Bertz CT molecular complexity index is 574. The molecule has 0 N–H and O–H groups in total. The average Bonchev–Trinajstić information content (AvgIpc) is 2.61. The maximum absolute atomic E-state index is 6.08. The molecule has 3 rings (SSSR count). The van der Waals surface area contributed by atoms with E-state index in [0.717, 1.165) is 31.0 Å². The number of hydrogen-bond acceptors (Lipinski definition) is 2. The number of methoxy groups -OCH3 is 1. The van der Waals surface area contributed by atoms with Crippen LogP contribution in [0.5, 0.6) is 5.75 Å². The van der Waals surface area contributed by atoms with Gasteiger partial charge in [0.25, 0.3) is 0 Å². The molecule has 0 aliphatic heterocycles. The lowest BCUT2D eigenvalue weighted by Crippen LogP contribution is -2.27. The molecule has 1 aromatic rings. The van der Waals surface area contributed by atoms with Crippen molar-refractivity contribution in [2.45, 2.75) is 51.9 Å². The van der Waals surface area contributed by atoms with Crippen LogP contribution in [0.1, 0.15) is 57.4 Å². The van der Waals surface area contributed by atoms with Gasteiger partial charge in [0.05, 0.1) is 13.7 Å². The highest BCUT2D eigenvalue weighted by Gasteiger charge is 2.27. The first kappa shape index (κ1) is 16.2. The third-order valence-corrected chi connectivity index (χ3v) is 5.18. The van der Waals surface area contributed by atoms with Crippen molar-refractivity contribution in [3.63, 3.8) is 0 Å². The predicted molar refractivity (Wildman–Crippen MR) is 95.4 cm³/mol. The molecule has 0 heterocycles. The van der Waals surface area contributed by atoms with E-state index in [-0.39, 0.29) is 0 Å². The lowest BCUT2D eigenvalue weighted by atomic mass is 9.76. The molecule has 0 amide bonds. The molecular weight excluding hydrogens is 284 g/mol. The first-order valence-electron chi connectivity index (χ1n) is 8.87. The van der Waals surface area contributed by atoms with Crippen LogP contribution in [0.3, 0.4) is 0 Å². The Kier molecular flexibility index (Phi) is 5.09. The monoisotopic (exact) mass is 312 g/mol. The molecule has 124 valence electrons. The Hall–Kier alpha value is -1.70. The summed E-state index contributed by atoms with van der Waals surface area (Å²) >= 11 is 0. The summed E-state index contributed by atoms with van der Waals surface area (Å²) in [6.45, 7) is 3.21. The van der Waals surface area contributed by atoms with Gasteiger partial charge in [-0.15, -0.1) is 0 Å². The van der Waals surface area contributed by atoms with E-state index < -0.39 is 0 Å². The number of ether oxygens (including phenoxy) is 2. The van der Waals surface area contributed by atoms with Crippen LogP contribution >= 0.6 is 0 Å². The predicted octanol–water partition coefficient (Wildman–Crippen LogP) is 5.74. The van der Waals surface area contributed by atoms with Crippen LogP contribution in [0.25, 0.3) is 5.57 Å². The Labute approximate surface area is 140 Å². The van der Waals surface area contributed by atoms with E-state index in [1.54, 1.807) is 7.11 Å². The zero-order valence-corrected chi connectivity index (χ0v) is 14.4. The number of rotatable bonds is 5. The molecule has 0 spiro atoms. The molecule has 2 heteroatoms. The molecule has 1 fully saturated rings. The molecule has 2 nitrogen and oxygen atoms in total. The molecule has 0 unspecified atom stereocenters. The largest absolute Gasteiger partial charge is 0.497 e. The molecule has 1 saturated carbocycles. The van der Waals surface area contributed by atoms with E-state index in [9.17, 15) is 0 Å². The summed E-state index contributed by atoms with van der Waals surface area (Å²) in [7, 11) is 1.73. The van der Waals surface area contributed by atoms with Gasteiger partial charge < -0.3 is 9.47 Å². The van der Waals surface area contributed by atoms with Gasteiger partial charge in [0.2, 0.25) is 0 Å². The lowest BCUT2D eigenvalue weighted by Gasteiger charge is -2.33. The maximum atomic E-state index is 6.08. The van der Waals surface area contributed by atoms with Crippen LogP contribution < -0.4 is 4.74 Å². The summed E-state index contributed by atoms with van der Waals surface area (Å²) in [6, 6.07) is 8.55. The first-order chi connectivity index (χ1) is 11.2. The van der Waals surface area contributed by atoms with Gasteiger partial charge in [0.15, 0.2) is 0 Å². The third kappa shape index (κ3) is 4.19. The van der Waals surface area contributed by atoms with E-state index in [1.165, 1.54) is 43.2 Å². The molecule has 2 aliphatic rings. The fourth-order valence-corrected chi connectivity index (χ4v) is 3.62. The molecule has 1 aromatic carbocycles. The topological polar surface area (TPSA) is 18.5 Å². The van der Waals surface area contributed by atoms with Gasteiger partial charge in [0, 0.05) is 5.41 Å². The van der Waals surface area contributed by atoms with Crippen molar-refractivity contribution in [2.75, 3.05) is 13.7 Å². The first-order valence-corrected chi connectivity index (χ1v) is 8.87. The van der Waals surface area contributed by atoms with E-state index in [1.807, 2.05) is 0 Å². The molecule has 0 aromatic heterocycles. The van der Waals surface area contributed by atoms with Gasteiger partial charge in [-0.05, 0) is 61.1 Å². The normalized spacial score (nSPS) is 20.4. The second-order valence-corrected chi connectivity index (χ2v) is 7.20. The molecular formula is C21H28O2. The van der Waals surface area contributed by atoms with E-state index in [0.29, 0.717) is 5.41 Å². The summed E-state index contributed by atoms with van der Waals surface area (Å²) in [6.07, 6.45) is 13.1. The van der Waals surface area contributed by atoms with Crippen molar-refractivity contribution in [2.24, 2.45) is 5.41 Å². The van der Waals surface area contributed by atoms with Crippen LogP contribution in [0.4, 0.5) is 0 Å². The zero-order chi connectivity index (χ0) is 16.1. The van der Waals surface area contributed by atoms with Crippen LogP contribution in [-0.4, -0.2) is 13.7 Å². The van der Waals surface area contributed by atoms with E-state index in [2.05, 4.69) is 43.3 Å². The second kappa shape index (κ2) is 7.25. The van der Waals surface area contributed by atoms with Crippen molar-refractivity contribution in [3.8, 4) is 5.75 Å². The number of allylic oxidation sites excluding steroid dienone is 3. The Morgan fingerprint density at radius 1 is 1.04 bits per heavy atom. The SMILES string of the molecule is COC1=CCCC(c2ccc(OCC3(C)CCCCC3)cc2)=C1. The molecule has 23 heavy (non-hydrogen) atoms. The summed E-state index contributed by atoms with van der Waals surface area (Å²) in [5, 5.41) is 0. The van der Waals surface area contributed by atoms with Crippen molar-refractivity contribution < 1.29 is 9.47 Å². The number of benzene rings is 1. The lowest BCUT2D eigenvalue weighted by molar-refractivity contribution is 0.116. The molecule has 0 saturated heterocycles. The maximum Gasteiger partial charge on any atom is 0.119 e. The fourth-order valence-electron chi connectivity index (χ4n) is 3.62. The van der Waals surface area contributed by atoms with Gasteiger partial charge in [-0.25, -0.2) is 0 Å². The molecule has 0 bridgehead atoms. The number of hydrogen-bond donors (Lipinski definition) is 0. The van der Waals surface area contributed by atoms with Crippen LogP contribution in [0.2, 0.25) is 0 Å². The van der Waals surface area contributed by atoms with Crippen LogP contribution in [0, 0.1) is 5.41 Å². The summed E-state index contributed by atoms with van der Waals surface area (Å²) in [5.41, 5.74) is 2.97. The second-order valence-electron chi connectivity index (χ2n) is 7.20. The molecule has 0 atom stereocenters. The summed E-state index contributed by atoms with van der Waals surface area (Å²) < 4.78 is 11.4. The summed E-state index contributed by atoms with van der Waals surface area (Å²) in [4.78, 5) is 0. The van der Waals surface area contributed by atoms with E-state index >= 15 is 0 Å². The quantitative estimate of drug-likeness (QED) is 0.690. The van der Waals surface area contributed by atoms with Gasteiger partial charge in [-0.1, -0.05) is 38.3 Å². The minimum atomic E-state index is 0.362. The van der Waals surface area contributed by atoms with Crippen molar-refractivity contribution in [1.82, 2.24) is 0 Å². The average molecular weight is 312 g/mol. The third-order valence-electron chi connectivity index (χ3n) is 5.18. The van der Waals surface area contributed by atoms with Crippen molar-refractivity contribution >= 4 is 5.57 Å². The standard InChI is InChI=1S/C21H28O2/c1-21(13-4-3-5-14-21)16-23-19-11-9-17(10-12-19)18-7-6-8-20(15-18)22-2/h8-12,15H,3-7,13-14,16H2,1-2H3. The van der Waals surface area contributed by atoms with Gasteiger partial charge in [-0.2, -0.15) is 0 Å². The Morgan fingerprint density at radius 3 is 2.48 bits per heavy atom. The minimum Gasteiger partial charge on any atom is -0.497 e. The highest BCUT2D eigenvalue weighted by Crippen LogP contribution is 2.36. The molecule has 2 aliphatic carbocycles. The summed E-state index contributed by atoms with van der Waals surface area (Å²) in [5.74, 6) is 1.95. The highest BCUT2D eigenvalue weighted by molar-refractivity contribution is 5.69. The van der Waals surface area contributed by atoms with Crippen LogP contribution in [-0.2, 0) is 4.74 Å². The van der Waals surface area contributed by atoms with Crippen molar-refractivity contribution in [1.29, 1.82) is 0 Å². The molecule has 0 radical (unpaired) electrons. The van der Waals surface area contributed by atoms with Gasteiger partial charge in [-0.3, -0.25) is 0 Å². The highest BCUT2D eigenvalue weighted by atomic mass is 16.5. The fraction of sp³-hybridized carbons (Fsp3) is 0.524. The van der Waals surface area contributed by atoms with Gasteiger partial charge >= 0.3 is 0 Å². The van der Waals surface area contributed by atoms with E-state index in [4.69, 9.17) is 9.47 Å². The smallest absolute Gasteiger partial charge is 0.119 e. The zero-order valence-electron chi connectivity index (χ0n) is 14.4.